The highest BCUT2D eigenvalue weighted by atomic mass is 32.2. The molecule has 1 saturated heterocycles. The number of benzene rings is 2. The molecule has 1 aromatic heterocycles. The molecule has 0 radical (unpaired) electrons. The van der Waals surface area contributed by atoms with E-state index in [1.807, 2.05) is 19.1 Å². The summed E-state index contributed by atoms with van der Waals surface area (Å²) in [6.45, 7) is 6.70. The van der Waals surface area contributed by atoms with Crippen molar-refractivity contribution in [3.63, 3.8) is 0 Å². The van der Waals surface area contributed by atoms with Gasteiger partial charge in [0.05, 0.1) is 24.7 Å². The van der Waals surface area contributed by atoms with E-state index in [1.165, 1.54) is 12.1 Å². The number of aromatic nitrogens is 2. The fourth-order valence-corrected chi connectivity index (χ4v) is 4.54. The lowest BCUT2D eigenvalue weighted by Crippen LogP contribution is -2.36. The number of urea groups is 1. The minimum absolute atomic E-state index is 0.170. The average Bonchev–Trinajstić information content (AvgIpc) is 2.87. The second-order valence-electron chi connectivity index (χ2n) is 8.01. The maximum Gasteiger partial charge on any atom is 0.323 e. The van der Waals surface area contributed by atoms with E-state index >= 15 is 0 Å². The van der Waals surface area contributed by atoms with Gasteiger partial charge < -0.3 is 25.6 Å². The van der Waals surface area contributed by atoms with Gasteiger partial charge in [-0.3, -0.25) is 4.18 Å². The third-order valence-electron chi connectivity index (χ3n) is 5.42. The van der Waals surface area contributed by atoms with Crippen LogP contribution in [0.25, 0.3) is 0 Å². The van der Waals surface area contributed by atoms with E-state index in [0.717, 1.165) is 30.2 Å². The first-order valence-electron chi connectivity index (χ1n) is 11.5. The van der Waals surface area contributed by atoms with Crippen LogP contribution in [0.3, 0.4) is 0 Å². The summed E-state index contributed by atoms with van der Waals surface area (Å²) in [6.07, 6.45) is 1.71. The molecule has 2 aromatic carbocycles. The number of anilines is 5. The number of nitrogens with zero attached hydrogens (tertiary/aromatic N) is 3. The predicted molar refractivity (Wildman–Crippen MR) is 139 cm³/mol. The van der Waals surface area contributed by atoms with E-state index in [0.29, 0.717) is 30.5 Å². The smallest absolute Gasteiger partial charge is 0.323 e. The number of hydrogen-bond donors (Lipinski definition) is 4. The first kappa shape index (κ1) is 25.4. The van der Waals surface area contributed by atoms with Gasteiger partial charge in [0, 0.05) is 36.3 Å². The largest absolute Gasteiger partial charge is 0.378 e. The molecule has 0 saturated carbocycles. The zero-order valence-corrected chi connectivity index (χ0v) is 20.9. The maximum absolute atomic E-state index is 12.5. The van der Waals surface area contributed by atoms with Crippen LogP contribution in [-0.2, 0) is 18.9 Å². The fraction of sp³-hybridized carbons (Fsp3) is 0.292. The third-order valence-corrected chi connectivity index (χ3v) is 6.88. The Balaban J connectivity index is 1.40. The van der Waals surface area contributed by atoms with Gasteiger partial charge in [0.15, 0.2) is 10.0 Å². The van der Waals surface area contributed by atoms with E-state index in [4.69, 9.17) is 13.7 Å². The molecule has 0 spiro atoms. The van der Waals surface area contributed by atoms with Crippen molar-refractivity contribution in [3.8, 4) is 0 Å². The van der Waals surface area contributed by atoms with Crippen molar-refractivity contribution in [3.05, 3.63) is 60.3 Å². The van der Waals surface area contributed by atoms with E-state index in [9.17, 15) is 9.00 Å². The quantitative estimate of drug-likeness (QED) is 0.349. The number of carbonyl (C=O) groups is 1. The molecule has 1 fully saturated rings. The monoisotopic (exact) mass is 511 g/mol. The van der Waals surface area contributed by atoms with Gasteiger partial charge in [-0.05, 0) is 61.9 Å². The molecule has 2 heterocycles. The number of ether oxygens (including phenoxy) is 1. The predicted octanol–water partition coefficient (Wildman–Crippen LogP) is 4.37. The number of amides is 2. The Morgan fingerprint density at radius 2 is 1.81 bits per heavy atom. The summed E-state index contributed by atoms with van der Waals surface area (Å²) in [5, 5.41) is 8.76. The van der Waals surface area contributed by atoms with Gasteiger partial charge in [-0.2, -0.15) is 4.98 Å². The molecule has 1 aliphatic heterocycles. The molecule has 4 N–H and O–H groups in total. The van der Waals surface area contributed by atoms with Gasteiger partial charge in [-0.25, -0.2) is 18.8 Å². The number of hydrogen-bond acceptors (Lipinski definition) is 9. The third kappa shape index (κ3) is 6.47. The SMILES string of the molecule is CCOS(=N)(=O)c1ccc(NC(=O)Nc2ccc(C)c(Nc3nccc(N4CCOCC4)n3)c2)cc1. The number of rotatable bonds is 8. The van der Waals surface area contributed by atoms with Crippen LogP contribution < -0.4 is 20.9 Å². The summed E-state index contributed by atoms with van der Waals surface area (Å²) < 4.78 is 30.4. The van der Waals surface area contributed by atoms with Gasteiger partial charge in [0.25, 0.3) is 0 Å². The molecule has 0 aliphatic carbocycles. The van der Waals surface area contributed by atoms with Crippen molar-refractivity contribution >= 4 is 44.9 Å². The molecule has 1 unspecified atom stereocenters. The van der Waals surface area contributed by atoms with E-state index in [-0.39, 0.29) is 11.5 Å². The molecule has 36 heavy (non-hydrogen) atoms. The van der Waals surface area contributed by atoms with Crippen molar-refractivity contribution in [1.82, 2.24) is 9.97 Å². The first-order chi connectivity index (χ1) is 17.3. The summed E-state index contributed by atoms with van der Waals surface area (Å²) >= 11 is 0. The van der Waals surface area contributed by atoms with Crippen LogP contribution in [0.5, 0.6) is 0 Å². The summed E-state index contributed by atoms with van der Waals surface area (Å²) in [7, 11) is -3.30. The van der Waals surface area contributed by atoms with Crippen molar-refractivity contribution in [2.45, 2.75) is 18.7 Å². The van der Waals surface area contributed by atoms with Crippen molar-refractivity contribution < 1.29 is 17.9 Å². The minimum atomic E-state index is -3.30. The number of morpholine rings is 1. The van der Waals surface area contributed by atoms with Gasteiger partial charge in [0.2, 0.25) is 5.95 Å². The molecular formula is C24H29N7O4S. The van der Waals surface area contributed by atoms with Crippen LogP contribution >= 0.6 is 0 Å². The van der Waals surface area contributed by atoms with Crippen LogP contribution in [0.15, 0.2) is 59.6 Å². The number of aryl methyl sites for hydroxylation is 1. The van der Waals surface area contributed by atoms with Crippen molar-refractivity contribution in [2.24, 2.45) is 0 Å². The Hall–Kier alpha value is -3.74. The lowest BCUT2D eigenvalue weighted by atomic mass is 10.2. The Labute approximate surface area is 210 Å². The second kappa shape index (κ2) is 11.3. The van der Waals surface area contributed by atoms with E-state index < -0.39 is 16.0 Å². The molecule has 3 aromatic rings. The summed E-state index contributed by atoms with van der Waals surface area (Å²) in [5.74, 6) is 1.29. The molecular weight excluding hydrogens is 482 g/mol. The number of nitrogens with one attached hydrogen (secondary N) is 4. The molecule has 1 atom stereocenters. The van der Waals surface area contributed by atoms with Crippen LogP contribution in [0.4, 0.5) is 33.6 Å². The zero-order valence-electron chi connectivity index (χ0n) is 20.1. The highest BCUT2D eigenvalue weighted by Crippen LogP contribution is 2.24. The lowest BCUT2D eigenvalue weighted by molar-refractivity contribution is 0.122. The molecule has 11 nitrogen and oxygen atoms in total. The fourth-order valence-electron chi connectivity index (χ4n) is 3.58. The summed E-state index contributed by atoms with van der Waals surface area (Å²) in [5.41, 5.74) is 2.79. The highest BCUT2D eigenvalue weighted by Gasteiger charge is 2.14. The molecule has 4 rings (SSSR count). The Bertz CT molecular complexity index is 1310. The second-order valence-corrected chi connectivity index (χ2v) is 9.72. The van der Waals surface area contributed by atoms with Crippen LogP contribution in [0, 0.1) is 11.7 Å². The average molecular weight is 512 g/mol. The number of carbonyl (C=O) groups excluding carboxylic acids is 1. The maximum atomic E-state index is 12.5. The standard InChI is InChI=1S/C24H29N7O4S/c1-3-35-36(25,33)20-8-6-18(7-9-20)27-24(32)28-19-5-4-17(2)21(16-19)29-23-26-11-10-22(30-23)31-12-14-34-15-13-31/h4-11,16,25H,3,12-15H2,1-2H3,(H,26,29,30)(H2,27,28,32). The Morgan fingerprint density at radius 3 is 2.53 bits per heavy atom. The van der Waals surface area contributed by atoms with Gasteiger partial charge in [-0.15, -0.1) is 0 Å². The van der Waals surface area contributed by atoms with Crippen LogP contribution in [-0.4, -0.2) is 53.1 Å². The van der Waals surface area contributed by atoms with E-state index in [2.05, 4.69) is 30.8 Å². The van der Waals surface area contributed by atoms with Crippen LogP contribution in [0.2, 0.25) is 0 Å². The summed E-state index contributed by atoms with van der Waals surface area (Å²) in [6, 6.07) is 13.1. The minimum Gasteiger partial charge on any atom is -0.378 e. The molecule has 190 valence electrons. The zero-order chi connectivity index (χ0) is 25.5. The Morgan fingerprint density at radius 1 is 1.11 bits per heavy atom. The molecule has 1 aliphatic rings. The van der Waals surface area contributed by atoms with Gasteiger partial charge >= 0.3 is 6.03 Å². The highest BCUT2D eigenvalue weighted by molar-refractivity contribution is 7.87. The molecule has 2 amide bonds. The topological polar surface area (TPSA) is 142 Å². The van der Waals surface area contributed by atoms with Crippen molar-refractivity contribution in [1.29, 1.82) is 4.78 Å². The van der Waals surface area contributed by atoms with E-state index in [1.54, 1.807) is 37.4 Å². The normalized spacial score (nSPS) is 15.1. The van der Waals surface area contributed by atoms with Crippen molar-refractivity contribution in [2.75, 3.05) is 53.8 Å². The van der Waals surface area contributed by atoms with Gasteiger partial charge in [0.1, 0.15) is 5.82 Å². The van der Waals surface area contributed by atoms with Gasteiger partial charge in [-0.1, -0.05) is 6.07 Å². The molecule has 0 bridgehead atoms. The molecule has 12 heteroatoms. The first-order valence-corrected chi connectivity index (χ1v) is 13.0. The Kier molecular flexibility index (Phi) is 7.98. The lowest BCUT2D eigenvalue weighted by Gasteiger charge is -2.27. The van der Waals surface area contributed by atoms with Crippen LogP contribution in [0.1, 0.15) is 12.5 Å². The summed E-state index contributed by atoms with van der Waals surface area (Å²) in [4.78, 5) is 23.9.